The van der Waals surface area contributed by atoms with Gasteiger partial charge in [0.1, 0.15) is 11.5 Å². The van der Waals surface area contributed by atoms with E-state index in [4.69, 9.17) is 11.6 Å². The number of hydrogen-bond acceptors (Lipinski definition) is 3. The highest BCUT2D eigenvalue weighted by Crippen LogP contribution is 2.36. The lowest BCUT2D eigenvalue weighted by molar-refractivity contribution is -0.137. The van der Waals surface area contributed by atoms with Crippen LogP contribution in [-0.4, -0.2) is 20.0 Å². The Bertz CT molecular complexity index is 579. The molecule has 0 saturated carbocycles. The fraction of sp³-hybridized carbons (Fsp3) is 0.300. The Morgan fingerprint density at radius 1 is 1.33 bits per heavy atom. The van der Waals surface area contributed by atoms with Crippen molar-refractivity contribution in [2.45, 2.75) is 18.0 Å². The average Bonchev–Trinajstić information content (AvgIpc) is 2.13. The molecule has 8 heteroatoms. The average molecular weight is 301 g/mol. The third-order valence-corrected chi connectivity index (χ3v) is 4.08. The zero-order chi connectivity index (χ0) is 14.1. The number of sulfone groups is 1. The van der Waals surface area contributed by atoms with Crippen LogP contribution in [0, 0.1) is 0 Å². The van der Waals surface area contributed by atoms with Gasteiger partial charge in [0.25, 0.3) is 0 Å². The van der Waals surface area contributed by atoms with E-state index in [1.54, 1.807) is 0 Å². The number of hydrogen-bond donors (Lipinski definition) is 0. The van der Waals surface area contributed by atoms with Crippen LogP contribution < -0.4 is 0 Å². The monoisotopic (exact) mass is 300 g/mol. The summed E-state index contributed by atoms with van der Waals surface area (Å²) in [6.07, 6.45) is -4.75. The number of ketones is 1. The van der Waals surface area contributed by atoms with Gasteiger partial charge in [-0.2, -0.15) is 13.2 Å². The van der Waals surface area contributed by atoms with Crippen molar-refractivity contribution in [2.24, 2.45) is 0 Å². The Morgan fingerprint density at radius 3 is 2.33 bits per heavy atom. The van der Waals surface area contributed by atoms with Crippen LogP contribution in [0.5, 0.6) is 0 Å². The first-order valence-corrected chi connectivity index (χ1v) is 6.66. The summed E-state index contributed by atoms with van der Waals surface area (Å²) < 4.78 is 60.8. The smallest absolute Gasteiger partial charge is 0.299 e. The summed E-state index contributed by atoms with van der Waals surface area (Å²) >= 11 is 5.35. The summed E-state index contributed by atoms with van der Waals surface area (Å²) in [4.78, 5) is 10.2. The molecular formula is C10H8ClF3O3S. The third-order valence-electron chi connectivity index (χ3n) is 2.00. The Hall–Kier alpha value is -1.08. The van der Waals surface area contributed by atoms with Gasteiger partial charge in [-0.3, -0.25) is 4.79 Å². The van der Waals surface area contributed by atoms with Crippen molar-refractivity contribution in [3.05, 3.63) is 28.8 Å². The molecule has 1 aromatic rings. The van der Waals surface area contributed by atoms with Gasteiger partial charge in [-0.25, -0.2) is 8.42 Å². The molecule has 3 nitrogen and oxygen atoms in total. The molecule has 1 aromatic carbocycles. The number of rotatable bonds is 3. The number of carbonyl (C=O) groups is 1. The van der Waals surface area contributed by atoms with Crippen LogP contribution in [0.4, 0.5) is 13.2 Å². The Morgan fingerprint density at radius 2 is 1.89 bits per heavy atom. The fourth-order valence-corrected chi connectivity index (χ4v) is 2.77. The van der Waals surface area contributed by atoms with E-state index in [9.17, 15) is 26.4 Å². The maximum Gasteiger partial charge on any atom is 0.417 e. The summed E-state index contributed by atoms with van der Waals surface area (Å²) in [5.74, 6) is -1.50. The molecule has 0 aliphatic rings. The second-order valence-electron chi connectivity index (χ2n) is 3.60. The fourth-order valence-electron chi connectivity index (χ4n) is 1.27. The second-order valence-corrected chi connectivity index (χ2v) is 6.00. The van der Waals surface area contributed by atoms with Crippen LogP contribution in [-0.2, 0) is 20.8 Å². The summed E-state index contributed by atoms with van der Waals surface area (Å²) in [7, 11) is -4.07. The van der Waals surface area contributed by atoms with Crippen molar-refractivity contribution in [1.82, 2.24) is 0 Å². The maximum atomic E-state index is 12.5. The number of alkyl halides is 3. The number of halogens is 4. The lowest BCUT2D eigenvalue weighted by Crippen LogP contribution is -2.15. The number of benzene rings is 1. The SMILES string of the molecule is CC(=O)CS(=O)(=O)c1ccc(Cl)c(C(F)(F)F)c1. The van der Waals surface area contributed by atoms with E-state index in [0.29, 0.717) is 6.07 Å². The third kappa shape index (κ3) is 3.46. The normalized spacial score (nSPS) is 12.5. The first-order valence-electron chi connectivity index (χ1n) is 4.63. The molecule has 0 aliphatic carbocycles. The molecule has 1 rings (SSSR count). The van der Waals surface area contributed by atoms with Gasteiger partial charge in [0.2, 0.25) is 0 Å². The van der Waals surface area contributed by atoms with E-state index in [1.807, 2.05) is 0 Å². The molecule has 0 bridgehead atoms. The molecule has 0 heterocycles. The molecule has 0 unspecified atom stereocenters. The lowest BCUT2D eigenvalue weighted by atomic mass is 10.2. The summed E-state index contributed by atoms with van der Waals surface area (Å²) in [6, 6.07) is 2.22. The minimum Gasteiger partial charge on any atom is -0.299 e. The zero-order valence-corrected chi connectivity index (χ0v) is 10.7. The van der Waals surface area contributed by atoms with Gasteiger partial charge in [0, 0.05) is 0 Å². The van der Waals surface area contributed by atoms with Crippen LogP contribution in [0.25, 0.3) is 0 Å². The first-order chi connectivity index (χ1) is 8.04. The van der Waals surface area contributed by atoms with E-state index < -0.39 is 43.0 Å². The maximum absolute atomic E-state index is 12.5. The second kappa shape index (κ2) is 4.89. The van der Waals surface area contributed by atoms with Gasteiger partial charge in [-0.1, -0.05) is 11.6 Å². The Labute approximate surface area is 106 Å². The van der Waals surface area contributed by atoms with Crippen molar-refractivity contribution in [3.8, 4) is 0 Å². The van der Waals surface area contributed by atoms with Gasteiger partial charge in [-0.05, 0) is 25.1 Å². The zero-order valence-electron chi connectivity index (χ0n) is 9.08. The van der Waals surface area contributed by atoms with Crippen LogP contribution in [0.3, 0.4) is 0 Å². The Balaban J connectivity index is 3.34. The topological polar surface area (TPSA) is 51.2 Å². The summed E-state index contributed by atoms with van der Waals surface area (Å²) in [6.45, 7) is 1.04. The van der Waals surface area contributed by atoms with Gasteiger partial charge in [0.05, 0.1) is 15.5 Å². The molecule has 0 aliphatic heterocycles. The standard InChI is InChI=1S/C10H8ClF3O3S/c1-6(15)5-18(16,17)7-2-3-9(11)8(4-7)10(12,13)14/h2-4H,5H2,1H3. The molecule has 0 N–H and O–H groups in total. The molecule has 0 radical (unpaired) electrons. The van der Waals surface area contributed by atoms with Crippen molar-refractivity contribution in [3.63, 3.8) is 0 Å². The van der Waals surface area contributed by atoms with Crippen LogP contribution in [0.1, 0.15) is 12.5 Å². The molecule has 0 saturated heterocycles. The molecule has 0 amide bonds. The molecule has 0 aromatic heterocycles. The summed E-state index contributed by atoms with van der Waals surface area (Å²) in [5, 5.41) is -0.593. The van der Waals surface area contributed by atoms with E-state index in [2.05, 4.69) is 0 Å². The largest absolute Gasteiger partial charge is 0.417 e. The number of Topliss-reactive ketones (excluding diaryl/α,β-unsaturated/α-hetero) is 1. The van der Waals surface area contributed by atoms with Crippen molar-refractivity contribution in [1.29, 1.82) is 0 Å². The molecule has 100 valence electrons. The minimum absolute atomic E-state index is 0.431. The highest BCUT2D eigenvalue weighted by atomic mass is 35.5. The predicted molar refractivity (Wildman–Crippen MR) is 59.2 cm³/mol. The van der Waals surface area contributed by atoms with Crippen molar-refractivity contribution in [2.75, 3.05) is 5.75 Å². The molecule has 0 spiro atoms. The van der Waals surface area contributed by atoms with Crippen LogP contribution >= 0.6 is 11.6 Å². The van der Waals surface area contributed by atoms with Crippen molar-refractivity contribution < 1.29 is 26.4 Å². The van der Waals surface area contributed by atoms with E-state index in [-0.39, 0.29) is 0 Å². The van der Waals surface area contributed by atoms with Crippen LogP contribution in [0.15, 0.2) is 23.1 Å². The number of carbonyl (C=O) groups excluding carboxylic acids is 1. The molecule has 18 heavy (non-hydrogen) atoms. The quantitative estimate of drug-likeness (QED) is 0.862. The van der Waals surface area contributed by atoms with Gasteiger partial charge in [0.15, 0.2) is 9.84 Å². The van der Waals surface area contributed by atoms with Gasteiger partial charge >= 0.3 is 6.18 Å². The first kappa shape index (κ1) is 15.0. The van der Waals surface area contributed by atoms with E-state index in [0.717, 1.165) is 19.1 Å². The van der Waals surface area contributed by atoms with Gasteiger partial charge in [-0.15, -0.1) is 0 Å². The molecule has 0 atom stereocenters. The minimum atomic E-state index is -4.75. The Kier molecular flexibility index (Phi) is 4.07. The highest BCUT2D eigenvalue weighted by molar-refractivity contribution is 7.92. The van der Waals surface area contributed by atoms with Gasteiger partial charge < -0.3 is 0 Å². The predicted octanol–water partition coefficient (Wildman–Crippen LogP) is 2.72. The molecule has 0 fully saturated rings. The van der Waals surface area contributed by atoms with Crippen molar-refractivity contribution >= 4 is 27.2 Å². The lowest BCUT2D eigenvalue weighted by Gasteiger charge is -2.10. The van der Waals surface area contributed by atoms with E-state index >= 15 is 0 Å². The van der Waals surface area contributed by atoms with E-state index in [1.165, 1.54) is 0 Å². The molecular weight excluding hydrogens is 293 g/mol. The highest BCUT2D eigenvalue weighted by Gasteiger charge is 2.34. The summed E-state index contributed by atoms with van der Waals surface area (Å²) in [5.41, 5.74) is -1.24. The van der Waals surface area contributed by atoms with Crippen LogP contribution in [0.2, 0.25) is 5.02 Å².